The number of benzene rings is 3. The second-order valence-electron chi connectivity index (χ2n) is 7.53. The van der Waals surface area contributed by atoms with Crippen LogP contribution in [0.3, 0.4) is 0 Å². The molecule has 0 fully saturated rings. The number of nitrogens with zero attached hydrogens (tertiary/aromatic N) is 2. The lowest BCUT2D eigenvalue weighted by atomic mass is 10.1. The molecular weight excluding hydrogens is 440 g/mol. The smallest absolute Gasteiger partial charge is 0.340 e. The average Bonchev–Trinajstić information content (AvgIpc) is 3.21. The van der Waals surface area contributed by atoms with Crippen molar-refractivity contribution >= 4 is 38.5 Å². The molecule has 0 saturated carbocycles. The van der Waals surface area contributed by atoms with Crippen molar-refractivity contribution in [3.05, 3.63) is 102 Å². The molecule has 0 amide bonds. The summed E-state index contributed by atoms with van der Waals surface area (Å²) in [4.78, 5) is 25.4. The Kier molecular flexibility index (Phi) is 6.02. The number of para-hydroxylation sites is 1. The number of anilines is 1. The number of sulfonamides is 1. The topological polar surface area (TPSA) is 85.7 Å². The summed E-state index contributed by atoms with van der Waals surface area (Å²) in [6.45, 7) is 0.178. The molecule has 0 aliphatic rings. The van der Waals surface area contributed by atoms with Crippen molar-refractivity contribution in [1.29, 1.82) is 0 Å². The molecule has 0 atom stereocenters. The van der Waals surface area contributed by atoms with Crippen LogP contribution in [0.5, 0.6) is 0 Å². The quantitative estimate of drug-likeness (QED) is 0.403. The third-order valence-electron chi connectivity index (χ3n) is 5.31. The number of fused-ring (bicyclic) bond motifs is 1. The zero-order valence-corrected chi connectivity index (χ0v) is 19.0. The summed E-state index contributed by atoms with van der Waals surface area (Å²) in [5.41, 5.74) is 2.52. The number of carbonyl (C=O) groups is 2. The molecule has 0 aliphatic heterocycles. The van der Waals surface area contributed by atoms with Gasteiger partial charge in [0, 0.05) is 17.1 Å². The predicted molar refractivity (Wildman–Crippen MR) is 127 cm³/mol. The van der Waals surface area contributed by atoms with E-state index in [1.54, 1.807) is 48.5 Å². The van der Waals surface area contributed by atoms with Crippen molar-refractivity contribution in [3.63, 3.8) is 0 Å². The second kappa shape index (κ2) is 8.91. The first-order valence-electron chi connectivity index (χ1n) is 10.1. The van der Waals surface area contributed by atoms with Gasteiger partial charge in [-0.05, 0) is 35.9 Å². The minimum absolute atomic E-state index is 0.178. The largest absolute Gasteiger partial charge is 0.465 e. The summed E-state index contributed by atoms with van der Waals surface area (Å²) in [5, 5.41) is 0.612. The summed E-state index contributed by atoms with van der Waals surface area (Å²) >= 11 is 0. The van der Waals surface area contributed by atoms with Gasteiger partial charge in [0.2, 0.25) is 10.0 Å². The SMILES string of the molecule is COC(=O)c1cn(C(=O)c2ccc(N(Cc3ccccc3)S(C)(=O)=O)cc2)c2ccccc12. The fraction of sp³-hybridized carbons (Fsp3) is 0.120. The Morgan fingerprint density at radius 3 is 2.18 bits per heavy atom. The van der Waals surface area contributed by atoms with Crippen molar-refractivity contribution in [2.24, 2.45) is 0 Å². The molecule has 1 aromatic heterocycles. The van der Waals surface area contributed by atoms with E-state index in [1.807, 2.05) is 30.3 Å². The monoisotopic (exact) mass is 462 g/mol. The highest BCUT2D eigenvalue weighted by atomic mass is 32.2. The van der Waals surface area contributed by atoms with Crippen LogP contribution in [0.4, 0.5) is 5.69 Å². The van der Waals surface area contributed by atoms with Gasteiger partial charge in [0.15, 0.2) is 0 Å². The number of aromatic nitrogens is 1. The van der Waals surface area contributed by atoms with E-state index >= 15 is 0 Å². The molecule has 0 spiro atoms. The van der Waals surface area contributed by atoms with Crippen LogP contribution < -0.4 is 4.31 Å². The standard InChI is InChI=1S/C25H22N2O5S/c1-32-25(29)22-17-26(23-11-7-6-10-21(22)23)24(28)19-12-14-20(15-13-19)27(33(2,30)31)16-18-8-4-3-5-9-18/h3-15,17H,16H2,1-2H3. The van der Waals surface area contributed by atoms with E-state index in [4.69, 9.17) is 4.74 Å². The lowest BCUT2D eigenvalue weighted by Crippen LogP contribution is -2.29. The molecule has 0 N–H and O–H groups in total. The lowest BCUT2D eigenvalue weighted by molar-refractivity contribution is 0.0603. The number of esters is 1. The summed E-state index contributed by atoms with van der Waals surface area (Å²) in [5.74, 6) is -0.875. The number of ether oxygens (including phenoxy) is 1. The van der Waals surface area contributed by atoms with Crippen molar-refractivity contribution < 1.29 is 22.7 Å². The van der Waals surface area contributed by atoms with Gasteiger partial charge in [0.1, 0.15) is 0 Å². The van der Waals surface area contributed by atoms with Gasteiger partial charge in [0.25, 0.3) is 5.91 Å². The third kappa shape index (κ3) is 4.51. The van der Waals surface area contributed by atoms with E-state index in [2.05, 4.69) is 0 Å². The zero-order chi connectivity index (χ0) is 23.6. The Labute approximate surface area is 191 Å². The summed E-state index contributed by atoms with van der Waals surface area (Å²) < 4.78 is 32.4. The molecule has 8 heteroatoms. The Balaban J connectivity index is 1.68. The van der Waals surface area contributed by atoms with Crippen LogP contribution in [-0.2, 0) is 21.3 Å². The number of methoxy groups -OCH3 is 1. The van der Waals surface area contributed by atoms with E-state index in [-0.39, 0.29) is 12.5 Å². The molecule has 168 valence electrons. The maximum absolute atomic E-state index is 13.2. The lowest BCUT2D eigenvalue weighted by Gasteiger charge is -2.22. The van der Waals surface area contributed by atoms with Crippen LogP contribution in [0.25, 0.3) is 10.9 Å². The first-order valence-corrected chi connectivity index (χ1v) is 12.0. The highest BCUT2D eigenvalue weighted by molar-refractivity contribution is 7.92. The van der Waals surface area contributed by atoms with Crippen molar-refractivity contribution in [1.82, 2.24) is 4.57 Å². The van der Waals surface area contributed by atoms with Crippen molar-refractivity contribution in [2.75, 3.05) is 17.7 Å². The first-order chi connectivity index (χ1) is 15.8. The Bertz CT molecular complexity index is 1420. The Morgan fingerprint density at radius 1 is 0.909 bits per heavy atom. The van der Waals surface area contributed by atoms with E-state index in [1.165, 1.54) is 22.2 Å². The number of hydrogen-bond acceptors (Lipinski definition) is 5. The minimum Gasteiger partial charge on any atom is -0.465 e. The number of hydrogen-bond donors (Lipinski definition) is 0. The van der Waals surface area contributed by atoms with Crippen LogP contribution >= 0.6 is 0 Å². The van der Waals surface area contributed by atoms with E-state index in [0.29, 0.717) is 27.7 Å². The number of carbonyl (C=O) groups excluding carboxylic acids is 2. The van der Waals surface area contributed by atoms with Gasteiger partial charge in [-0.25, -0.2) is 13.2 Å². The Hall–Kier alpha value is -3.91. The van der Waals surface area contributed by atoms with Crippen LogP contribution in [0.1, 0.15) is 26.3 Å². The van der Waals surface area contributed by atoms with Gasteiger partial charge in [-0.3, -0.25) is 13.7 Å². The predicted octanol–water partition coefficient (Wildman–Crippen LogP) is 4.08. The van der Waals surface area contributed by atoms with Crippen LogP contribution in [0.2, 0.25) is 0 Å². The highest BCUT2D eigenvalue weighted by Gasteiger charge is 2.21. The fourth-order valence-electron chi connectivity index (χ4n) is 3.68. The van der Waals surface area contributed by atoms with E-state index < -0.39 is 16.0 Å². The summed E-state index contributed by atoms with van der Waals surface area (Å²) in [6.07, 6.45) is 2.61. The summed E-state index contributed by atoms with van der Waals surface area (Å²) in [6, 6.07) is 22.7. The average molecular weight is 463 g/mol. The molecule has 7 nitrogen and oxygen atoms in total. The molecule has 0 aliphatic carbocycles. The number of rotatable bonds is 6. The molecule has 33 heavy (non-hydrogen) atoms. The fourth-order valence-corrected chi connectivity index (χ4v) is 4.57. The first kappa shape index (κ1) is 22.3. The molecule has 0 bridgehead atoms. The van der Waals surface area contributed by atoms with Gasteiger partial charge in [-0.2, -0.15) is 0 Å². The van der Waals surface area contributed by atoms with E-state index in [0.717, 1.165) is 11.8 Å². The maximum atomic E-state index is 13.2. The van der Waals surface area contributed by atoms with Crippen LogP contribution in [0, 0.1) is 0 Å². The molecule has 0 radical (unpaired) electrons. The van der Waals surface area contributed by atoms with Gasteiger partial charge in [-0.15, -0.1) is 0 Å². The molecule has 0 saturated heterocycles. The van der Waals surface area contributed by atoms with Crippen molar-refractivity contribution in [2.45, 2.75) is 6.54 Å². The molecule has 4 rings (SSSR count). The molecule has 4 aromatic rings. The highest BCUT2D eigenvalue weighted by Crippen LogP contribution is 2.25. The molecular formula is C25H22N2O5S. The molecule has 1 heterocycles. The van der Waals surface area contributed by atoms with Gasteiger partial charge < -0.3 is 4.74 Å². The second-order valence-corrected chi connectivity index (χ2v) is 9.44. The molecule has 3 aromatic carbocycles. The minimum atomic E-state index is -3.55. The van der Waals surface area contributed by atoms with Crippen LogP contribution in [-0.4, -0.2) is 38.2 Å². The maximum Gasteiger partial charge on any atom is 0.340 e. The van der Waals surface area contributed by atoms with Gasteiger partial charge in [0.05, 0.1) is 36.7 Å². The van der Waals surface area contributed by atoms with Crippen molar-refractivity contribution in [3.8, 4) is 0 Å². The normalized spacial score (nSPS) is 11.3. The van der Waals surface area contributed by atoms with Gasteiger partial charge in [-0.1, -0.05) is 48.5 Å². The third-order valence-corrected chi connectivity index (χ3v) is 6.45. The van der Waals surface area contributed by atoms with E-state index in [9.17, 15) is 18.0 Å². The summed E-state index contributed by atoms with van der Waals surface area (Å²) in [7, 11) is -2.26. The molecule has 0 unspecified atom stereocenters. The van der Waals surface area contributed by atoms with Gasteiger partial charge >= 0.3 is 5.97 Å². The Morgan fingerprint density at radius 2 is 1.55 bits per heavy atom. The van der Waals surface area contributed by atoms with Crippen LogP contribution in [0.15, 0.2) is 85.1 Å². The zero-order valence-electron chi connectivity index (χ0n) is 18.1.